The first-order valence-corrected chi connectivity index (χ1v) is 5.29. The Morgan fingerprint density at radius 2 is 2.47 bits per heavy atom. The van der Waals surface area contributed by atoms with Gasteiger partial charge in [-0.1, -0.05) is 6.07 Å². The van der Waals surface area contributed by atoms with E-state index >= 15 is 0 Å². The van der Waals surface area contributed by atoms with Crippen LogP contribution in [0.5, 0.6) is 0 Å². The number of nitrogens with one attached hydrogen (secondary N) is 1. The smallest absolute Gasteiger partial charge is 0.270 e. The molecule has 4 heteroatoms. The molecule has 1 rings (SSSR count). The summed E-state index contributed by atoms with van der Waals surface area (Å²) in [6.45, 7) is 1.86. The minimum Gasteiger partial charge on any atom is -0.347 e. The average molecular weight is 267 g/mol. The maximum absolute atomic E-state index is 11.6. The molecular formula is C11H11BrN2O. The van der Waals surface area contributed by atoms with Gasteiger partial charge in [-0.05, 0) is 35.0 Å². The number of hydrogen-bond acceptors (Lipinski definition) is 2. The van der Waals surface area contributed by atoms with E-state index in [1.807, 2.05) is 6.92 Å². The highest BCUT2D eigenvalue weighted by atomic mass is 79.9. The minimum atomic E-state index is -0.209. The molecule has 1 unspecified atom stereocenters. The Kier molecular flexibility index (Phi) is 4.32. The van der Waals surface area contributed by atoms with Crippen molar-refractivity contribution in [1.29, 1.82) is 0 Å². The van der Waals surface area contributed by atoms with Crippen molar-refractivity contribution in [3.63, 3.8) is 0 Å². The lowest BCUT2D eigenvalue weighted by atomic mass is 10.2. The van der Waals surface area contributed by atoms with Crippen molar-refractivity contribution in [2.45, 2.75) is 19.4 Å². The number of nitrogens with zero attached hydrogens (tertiary/aromatic N) is 1. The van der Waals surface area contributed by atoms with Crippen molar-refractivity contribution in [2.24, 2.45) is 0 Å². The number of pyridine rings is 1. The second-order valence-corrected chi connectivity index (χ2v) is 3.94. The zero-order valence-electron chi connectivity index (χ0n) is 8.33. The summed E-state index contributed by atoms with van der Waals surface area (Å²) in [5.74, 6) is 2.28. The molecule has 1 aromatic heterocycles. The molecule has 0 aliphatic heterocycles. The molecule has 0 spiro atoms. The van der Waals surface area contributed by atoms with Crippen molar-refractivity contribution < 1.29 is 4.79 Å². The number of terminal acetylenes is 1. The standard InChI is InChI=1S/C11H11BrN2O/c1-3-5-8(2)13-11(15)9-6-4-7-10(12)14-9/h1,4,6-8H,5H2,2H3,(H,13,15). The van der Waals surface area contributed by atoms with Crippen LogP contribution in [0.3, 0.4) is 0 Å². The Morgan fingerprint density at radius 3 is 3.07 bits per heavy atom. The molecule has 15 heavy (non-hydrogen) atoms. The number of halogens is 1. The van der Waals surface area contributed by atoms with Gasteiger partial charge in [0.05, 0.1) is 0 Å². The Morgan fingerprint density at radius 1 is 1.73 bits per heavy atom. The van der Waals surface area contributed by atoms with Crippen LogP contribution in [-0.4, -0.2) is 16.9 Å². The lowest BCUT2D eigenvalue weighted by molar-refractivity contribution is 0.0935. The first kappa shape index (κ1) is 11.7. The number of aromatic nitrogens is 1. The van der Waals surface area contributed by atoms with E-state index in [-0.39, 0.29) is 11.9 Å². The van der Waals surface area contributed by atoms with Crippen molar-refractivity contribution in [2.75, 3.05) is 0 Å². The van der Waals surface area contributed by atoms with Crippen LogP contribution in [0, 0.1) is 12.3 Å². The fourth-order valence-electron chi connectivity index (χ4n) is 1.06. The van der Waals surface area contributed by atoms with Crippen LogP contribution in [0.25, 0.3) is 0 Å². The van der Waals surface area contributed by atoms with Gasteiger partial charge in [-0.3, -0.25) is 4.79 Å². The molecule has 1 atom stereocenters. The van der Waals surface area contributed by atoms with Gasteiger partial charge < -0.3 is 5.32 Å². The van der Waals surface area contributed by atoms with Crippen LogP contribution >= 0.6 is 15.9 Å². The molecule has 1 heterocycles. The van der Waals surface area contributed by atoms with Crippen LogP contribution in [0.4, 0.5) is 0 Å². The minimum absolute atomic E-state index is 0.0386. The third-order valence-corrected chi connectivity index (χ3v) is 2.19. The van der Waals surface area contributed by atoms with Crippen LogP contribution in [0.15, 0.2) is 22.8 Å². The number of carbonyl (C=O) groups excluding carboxylic acids is 1. The number of rotatable bonds is 3. The molecule has 78 valence electrons. The Balaban J connectivity index is 2.66. The van der Waals surface area contributed by atoms with Gasteiger partial charge in [0.15, 0.2) is 0 Å². The zero-order valence-corrected chi connectivity index (χ0v) is 9.91. The fraction of sp³-hybridized carbons (Fsp3) is 0.273. The first-order valence-electron chi connectivity index (χ1n) is 4.50. The lowest BCUT2D eigenvalue weighted by Gasteiger charge is -2.10. The molecule has 0 fully saturated rings. The number of hydrogen-bond donors (Lipinski definition) is 1. The predicted molar refractivity (Wildman–Crippen MR) is 62.3 cm³/mol. The summed E-state index contributed by atoms with van der Waals surface area (Å²) in [7, 11) is 0. The largest absolute Gasteiger partial charge is 0.347 e. The molecular weight excluding hydrogens is 256 g/mol. The predicted octanol–water partition coefficient (Wildman–Crippen LogP) is 1.99. The normalized spacial score (nSPS) is 11.5. The van der Waals surface area contributed by atoms with Crippen LogP contribution < -0.4 is 5.32 Å². The SMILES string of the molecule is C#CCC(C)NC(=O)c1cccc(Br)n1. The van der Waals surface area contributed by atoms with Crippen LogP contribution in [0.1, 0.15) is 23.8 Å². The van der Waals surface area contributed by atoms with Crippen molar-refractivity contribution in [1.82, 2.24) is 10.3 Å². The Hall–Kier alpha value is -1.34. The van der Waals surface area contributed by atoms with Gasteiger partial charge in [0, 0.05) is 12.5 Å². The van der Waals surface area contributed by atoms with Crippen molar-refractivity contribution >= 4 is 21.8 Å². The second-order valence-electron chi connectivity index (χ2n) is 3.13. The van der Waals surface area contributed by atoms with Gasteiger partial charge in [0.2, 0.25) is 0 Å². The van der Waals surface area contributed by atoms with Gasteiger partial charge in [-0.15, -0.1) is 12.3 Å². The maximum Gasteiger partial charge on any atom is 0.270 e. The summed E-state index contributed by atoms with van der Waals surface area (Å²) in [5, 5.41) is 2.76. The molecule has 0 bridgehead atoms. The summed E-state index contributed by atoms with van der Waals surface area (Å²) >= 11 is 3.20. The van der Waals surface area contributed by atoms with E-state index in [9.17, 15) is 4.79 Å². The van der Waals surface area contributed by atoms with Crippen molar-refractivity contribution in [3.8, 4) is 12.3 Å². The fourth-order valence-corrected chi connectivity index (χ4v) is 1.40. The summed E-state index contributed by atoms with van der Waals surface area (Å²) in [5.41, 5.74) is 0.383. The van der Waals surface area contributed by atoms with Gasteiger partial charge in [0.25, 0.3) is 5.91 Å². The quantitative estimate of drug-likeness (QED) is 0.672. The van der Waals surface area contributed by atoms with E-state index in [1.54, 1.807) is 18.2 Å². The van der Waals surface area contributed by atoms with Crippen LogP contribution in [0.2, 0.25) is 0 Å². The van der Waals surface area contributed by atoms with E-state index in [2.05, 4.69) is 32.2 Å². The van der Waals surface area contributed by atoms with Gasteiger partial charge in [0.1, 0.15) is 10.3 Å². The molecule has 0 aromatic carbocycles. The molecule has 0 aliphatic carbocycles. The summed E-state index contributed by atoms with van der Waals surface area (Å²) in [6, 6.07) is 5.14. The van der Waals surface area contributed by atoms with Crippen LogP contribution in [-0.2, 0) is 0 Å². The molecule has 0 saturated heterocycles. The molecule has 3 nitrogen and oxygen atoms in total. The monoisotopic (exact) mass is 266 g/mol. The zero-order chi connectivity index (χ0) is 11.3. The van der Waals surface area contributed by atoms with Gasteiger partial charge in [-0.25, -0.2) is 4.98 Å². The van der Waals surface area contributed by atoms with Crippen molar-refractivity contribution in [3.05, 3.63) is 28.5 Å². The molecule has 1 aromatic rings. The van der Waals surface area contributed by atoms with E-state index in [4.69, 9.17) is 6.42 Å². The maximum atomic E-state index is 11.6. The molecule has 0 aliphatic rings. The van der Waals surface area contributed by atoms with E-state index in [1.165, 1.54) is 0 Å². The summed E-state index contributed by atoms with van der Waals surface area (Å²) in [6.07, 6.45) is 5.66. The summed E-state index contributed by atoms with van der Waals surface area (Å²) in [4.78, 5) is 15.7. The third-order valence-electron chi connectivity index (χ3n) is 1.75. The molecule has 0 saturated carbocycles. The highest BCUT2D eigenvalue weighted by Crippen LogP contribution is 2.06. The Labute approximate surface area is 97.4 Å². The lowest BCUT2D eigenvalue weighted by Crippen LogP contribution is -2.32. The van der Waals surface area contributed by atoms with Gasteiger partial charge in [-0.2, -0.15) is 0 Å². The number of amides is 1. The van der Waals surface area contributed by atoms with E-state index < -0.39 is 0 Å². The first-order chi connectivity index (χ1) is 7.13. The van der Waals surface area contributed by atoms with Gasteiger partial charge >= 0.3 is 0 Å². The third kappa shape index (κ3) is 3.72. The highest BCUT2D eigenvalue weighted by molar-refractivity contribution is 9.10. The second kappa shape index (κ2) is 5.52. The summed E-state index contributed by atoms with van der Waals surface area (Å²) < 4.78 is 0.639. The Bertz CT molecular complexity index is 398. The van der Waals surface area contributed by atoms with E-state index in [0.717, 1.165) is 0 Å². The number of carbonyl (C=O) groups is 1. The molecule has 1 N–H and O–H groups in total. The molecule has 1 amide bonds. The molecule has 0 radical (unpaired) electrons. The average Bonchev–Trinajstić information content (AvgIpc) is 2.18. The topological polar surface area (TPSA) is 42.0 Å². The highest BCUT2D eigenvalue weighted by Gasteiger charge is 2.09. The van der Waals surface area contributed by atoms with E-state index in [0.29, 0.717) is 16.7 Å².